The number of ether oxygens (including phenoxy) is 2. The summed E-state index contributed by atoms with van der Waals surface area (Å²) < 4.78 is 38.5. The molecule has 7 heteroatoms. The second-order valence-corrected chi connectivity index (χ2v) is 7.74. The average Bonchev–Trinajstić information content (AvgIpc) is 3.01. The minimum atomic E-state index is -3.69. The van der Waals surface area contributed by atoms with Crippen LogP contribution in [-0.4, -0.2) is 15.2 Å². The molecule has 4 rings (SSSR count). The number of anilines is 1. The van der Waals surface area contributed by atoms with Gasteiger partial charge >= 0.3 is 0 Å². The summed E-state index contributed by atoms with van der Waals surface area (Å²) in [6, 6.07) is 10.9. The van der Waals surface area contributed by atoms with E-state index in [1.165, 1.54) is 0 Å². The van der Waals surface area contributed by atoms with E-state index in [1.807, 2.05) is 24.3 Å². The highest BCUT2D eigenvalue weighted by Gasteiger charge is 2.24. The Bertz CT molecular complexity index is 953. The Kier molecular flexibility index (Phi) is 3.66. The van der Waals surface area contributed by atoms with Crippen LogP contribution in [0.5, 0.6) is 11.5 Å². The summed E-state index contributed by atoms with van der Waals surface area (Å²) in [5.41, 5.74) is 2.36. The lowest BCUT2D eigenvalue weighted by Crippen LogP contribution is -2.17. The SMILES string of the molecule is O=S(=O)(Nc1cc2c(cc1Cl)OCO2)C1=Cc2ccccc2CC1. The van der Waals surface area contributed by atoms with E-state index in [-0.39, 0.29) is 17.5 Å². The standard InChI is InChI=1S/C17H14ClNO4S/c18-14-8-16-17(23-10-22-16)9-15(14)19-24(20,21)13-6-5-11-3-1-2-4-12(11)7-13/h1-4,7-9,19H,5-6,10H2. The normalized spacial score (nSPS) is 15.6. The van der Waals surface area contributed by atoms with Gasteiger partial charge in [0.1, 0.15) is 0 Å². The predicted molar refractivity (Wildman–Crippen MR) is 92.9 cm³/mol. The second kappa shape index (κ2) is 5.72. The summed E-state index contributed by atoms with van der Waals surface area (Å²) in [6.45, 7) is 0.101. The van der Waals surface area contributed by atoms with Gasteiger partial charge in [0, 0.05) is 12.1 Å². The molecule has 2 aromatic carbocycles. The molecule has 0 unspecified atom stereocenters. The van der Waals surface area contributed by atoms with Gasteiger partial charge in [0.2, 0.25) is 6.79 Å². The zero-order valence-corrected chi connectivity index (χ0v) is 14.2. The van der Waals surface area contributed by atoms with E-state index in [0.29, 0.717) is 29.2 Å². The molecule has 24 heavy (non-hydrogen) atoms. The zero-order chi connectivity index (χ0) is 16.7. The van der Waals surface area contributed by atoms with Crippen molar-refractivity contribution in [3.63, 3.8) is 0 Å². The van der Waals surface area contributed by atoms with Crippen molar-refractivity contribution in [3.8, 4) is 11.5 Å². The van der Waals surface area contributed by atoms with Gasteiger partial charge in [-0.05, 0) is 30.0 Å². The summed E-state index contributed by atoms with van der Waals surface area (Å²) in [6.07, 6.45) is 2.86. The van der Waals surface area contributed by atoms with Gasteiger partial charge in [0.15, 0.2) is 11.5 Å². The highest BCUT2D eigenvalue weighted by Crippen LogP contribution is 2.40. The van der Waals surface area contributed by atoms with E-state index < -0.39 is 10.0 Å². The smallest absolute Gasteiger partial charge is 0.258 e. The molecule has 2 aromatic rings. The van der Waals surface area contributed by atoms with Crippen LogP contribution in [0.4, 0.5) is 5.69 Å². The molecule has 1 heterocycles. The van der Waals surface area contributed by atoms with Crippen LogP contribution in [0.1, 0.15) is 17.5 Å². The van der Waals surface area contributed by atoms with Crippen LogP contribution in [0.2, 0.25) is 5.02 Å². The Balaban J connectivity index is 1.66. The zero-order valence-electron chi connectivity index (χ0n) is 12.6. The Morgan fingerprint density at radius 1 is 1.04 bits per heavy atom. The first kappa shape index (κ1) is 15.4. The maximum atomic E-state index is 12.7. The number of sulfonamides is 1. The van der Waals surface area contributed by atoms with Gasteiger partial charge in [-0.25, -0.2) is 8.42 Å². The molecule has 1 N–H and O–H groups in total. The predicted octanol–water partition coefficient (Wildman–Crippen LogP) is 3.80. The van der Waals surface area contributed by atoms with Gasteiger partial charge in [-0.15, -0.1) is 0 Å². The van der Waals surface area contributed by atoms with Crippen molar-refractivity contribution < 1.29 is 17.9 Å². The van der Waals surface area contributed by atoms with Crippen LogP contribution in [0, 0.1) is 0 Å². The third-order valence-electron chi connectivity index (χ3n) is 4.06. The van der Waals surface area contributed by atoms with Crippen molar-refractivity contribution in [1.29, 1.82) is 0 Å². The maximum Gasteiger partial charge on any atom is 0.258 e. The van der Waals surface area contributed by atoms with Crippen molar-refractivity contribution in [3.05, 3.63) is 57.5 Å². The molecule has 0 aromatic heterocycles. The molecule has 0 spiro atoms. The van der Waals surface area contributed by atoms with Crippen LogP contribution in [0.3, 0.4) is 0 Å². The Morgan fingerprint density at radius 3 is 2.62 bits per heavy atom. The van der Waals surface area contributed by atoms with Crippen molar-refractivity contribution >= 4 is 33.4 Å². The van der Waals surface area contributed by atoms with Crippen LogP contribution in [0.25, 0.3) is 6.08 Å². The van der Waals surface area contributed by atoms with Crippen molar-refractivity contribution in [2.24, 2.45) is 0 Å². The quantitative estimate of drug-likeness (QED) is 0.900. The van der Waals surface area contributed by atoms with E-state index in [2.05, 4.69) is 4.72 Å². The number of halogens is 1. The molecule has 0 radical (unpaired) electrons. The molecule has 5 nitrogen and oxygen atoms in total. The lowest BCUT2D eigenvalue weighted by molar-refractivity contribution is 0.174. The fraction of sp³-hybridized carbons (Fsp3) is 0.176. The molecule has 2 aliphatic rings. The van der Waals surface area contributed by atoms with Gasteiger partial charge in [0.05, 0.1) is 15.6 Å². The third-order valence-corrected chi connectivity index (χ3v) is 5.88. The monoisotopic (exact) mass is 363 g/mol. The van der Waals surface area contributed by atoms with Gasteiger partial charge in [0.25, 0.3) is 10.0 Å². The average molecular weight is 364 g/mol. The fourth-order valence-corrected chi connectivity index (χ4v) is 4.32. The summed E-state index contributed by atoms with van der Waals surface area (Å²) in [7, 11) is -3.69. The number of hydrogen-bond acceptors (Lipinski definition) is 4. The number of aryl methyl sites for hydroxylation is 1. The molecular weight excluding hydrogens is 350 g/mol. The van der Waals surface area contributed by atoms with Crippen molar-refractivity contribution in [2.45, 2.75) is 12.8 Å². The summed E-state index contributed by atoms with van der Waals surface area (Å²) in [5.74, 6) is 0.980. The van der Waals surface area contributed by atoms with E-state index in [0.717, 1.165) is 11.1 Å². The maximum absolute atomic E-state index is 12.7. The van der Waals surface area contributed by atoms with E-state index in [9.17, 15) is 8.42 Å². The summed E-state index contributed by atoms with van der Waals surface area (Å²) in [4.78, 5) is 0.343. The molecule has 1 aliphatic carbocycles. The van der Waals surface area contributed by atoms with Crippen molar-refractivity contribution in [2.75, 3.05) is 11.5 Å². The lowest BCUT2D eigenvalue weighted by Gasteiger charge is -2.18. The molecule has 0 saturated carbocycles. The highest BCUT2D eigenvalue weighted by molar-refractivity contribution is 7.96. The summed E-state index contributed by atoms with van der Waals surface area (Å²) >= 11 is 6.15. The topological polar surface area (TPSA) is 64.6 Å². The number of benzene rings is 2. The van der Waals surface area contributed by atoms with Crippen LogP contribution in [-0.2, 0) is 16.4 Å². The van der Waals surface area contributed by atoms with Crippen LogP contribution >= 0.6 is 11.6 Å². The molecule has 0 bridgehead atoms. The summed E-state index contributed by atoms with van der Waals surface area (Å²) in [5, 5.41) is 0.264. The Hall–Kier alpha value is -2.18. The van der Waals surface area contributed by atoms with E-state index in [4.69, 9.17) is 21.1 Å². The second-order valence-electron chi connectivity index (χ2n) is 5.60. The van der Waals surface area contributed by atoms with Crippen LogP contribution in [0.15, 0.2) is 41.3 Å². The highest BCUT2D eigenvalue weighted by atomic mass is 35.5. The van der Waals surface area contributed by atoms with Gasteiger partial charge in [-0.2, -0.15) is 0 Å². The van der Waals surface area contributed by atoms with Gasteiger partial charge < -0.3 is 9.47 Å². The van der Waals surface area contributed by atoms with E-state index in [1.54, 1.807) is 18.2 Å². The molecule has 0 fully saturated rings. The lowest BCUT2D eigenvalue weighted by atomic mass is 9.98. The number of rotatable bonds is 3. The number of hydrogen-bond donors (Lipinski definition) is 1. The minimum Gasteiger partial charge on any atom is -0.454 e. The van der Waals surface area contributed by atoms with Crippen molar-refractivity contribution in [1.82, 2.24) is 0 Å². The van der Waals surface area contributed by atoms with Gasteiger partial charge in [-0.1, -0.05) is 35.9 Å². The Morgan fingerprint density at radius 2 is 1.79 bits per heavy atom. The molecule has 0 atom stereocenters. The number of fused-ring (bicyclic) bond motifs is 2. The first-order valence-electron chi connectivity index (χ1n) is 7.43. The third kappa shape index (κ3) is 2.72. The Labute approximate surface area is 144 Å². The molecule has 1 aliphatic heterocycles. The van der Waals surface area contributed by atoms with Gasteiger partial charge in [-0.3, -0.25) is 4.72 Å². The largest absolute Gasteiger partial charge is 0.454 e. The van der Waals surface area contributed by atoms with E-state index >= 15 is 0 Å². The fourth-order valence-electron chi connectivity index (χ4n) is 2.82. The molecule has 0 saturated heterocycles. The molecule has 124 valence electrons. The number of nitrogens with one attached hydrogen (secondary N) is 1. The molecule has 0 amide bonds. The molecular formula is C17H14ClNO4S. The first-order chi connectivity index (χ1) is 11.5. The minimum absolute atomic E-state index is 0.101. The first-order valence-corrected chi connectivity index (χ1v) is 9.29. The van der Waals surface area contributed by atoms with Crippen LogP contribution < -0.4 is 14.2 Å². The number of allylic oxidation sites excluding steroid dienone is 1.